The predicted molar refractivity (Wildman–Crippen MR) is 71.1 cm³/mol. The molecule has 0 aliphatic heterocycles. The first-order valence-electron chi connectivity index (χ1n) is 5.65. The van der Waals surface area contributed by atoms with E-state index in [4.69, 9.17) is 4.74 Å². The molecule has 3 rings (SSSR count). The zero-order valence-electron chi connectivity index (χ0n) is 10.0. The van der Waals surface area contributed by atoms with E-state index in [9.17, 15) is 9.18 Å². The van der Waals surface area contributed by atoms with Gasteiger partial charge < -0.3 is 4.74 Å². The molecule has 0 unspecified atom stereocenters. The van der Waals surface area contributed by atoms with Gasteiger partial charge in [-0.1, -0.05) is 18.2 Å². The highest BCUT2D eigenvalue weighted by molar-refractivity contribution is 7.13. The SMILES string of the molecule is O=C(Oc1ccn[nH]1)c1ncsc1-c1ccccc1F. The summed E-state index contributed by atoms with van der Waals surface area (Å²) < 4.78 is 18.8. The standard InChI is InChI=1S/C13H8FN3O2S/c14-9-4-2-1-3-8(9)12-11(15-7-20-12)13(18)19-10-5-6-16-17-10/h1-7H,(H,16,17). The molecule has 0 spiro atoms. The van der Waals surface area contributed by atoms with Crippen LogP contribution in [-0.4, -0.2) is 21.2 Å². The number of aromatic nitrogens is 3. The summed E-state index contributed by atoms with van der Waals surface area (Å²) in [5, 5.41) is 6.18. The molecule has 0 atom stereocenters. The number of H-pyrrole nitrogens is 1. The Balaban J connectivity index is 1.94. The number of hydrogen-bond donors (Lipinski definition) is 1. The zero-order valence-corrected chi connectivity index (χ0v) is 10.9. The lowest BCUT2D eigenvalue weighted by Crippen LogP contribution is -2.10. The van der Waals surface area contributed by atoms with Crippen LogP contribution in [0.2, 0.25) is 0 Å². The number of hydrogen-bond acceptors (Lipinski definition) is 5. The number of carbonyl (C=O) groups is 1. The number of aromatic amines is 1. The van der Waals surface area contributed by atoms with Crippen LogP contribution in [0.5, 0.6) is 5.88 Å². The molecule has 5 nitrogen and oxygen atoms in total. The molecule has 1 N–H and O–H groups in total. The van der Waals surface area contributed by atoms with Crippen molar-refractivity contribution in [3.63, 3.8) is 0 Å². The van der Waals surface area contributed by atoms with E-state index >= 15 is 0 Å². The van der Waals surface area contributed by atoms with Crippen molar-refractivity contribution in [1.29, 1.82) is 0 Å². The summed E-state index contributed by atoms with van der Waals surface area (Å²) in [6, 6.07) is 7.71. The van der Waals surface area contributed by atoms with Crippen molar-refractivity contribution in [2.45, 2.75) is 0 Å². The molecule has 1 aromatic carbocycles. The average molecular weight is 289 g/mol. The number of halogens is 1. The lowest BCUT2D eigenvalue weighted by molar-refractivity contribution is 0.0723. The smallest absolute Gasteiger partial charge is 0.365 e. The number of thiazole rings is 1. The van der Waals surface area contributed by atoms with E-state index in [1.165, 1.54) is 35.2 Å². The van der Waals surface area contributed by atoms with Crippen LogP contribution < -0.4 is 4.74 Å². The summed E-state index contributed by atoms with van der Waals surface area (Å²) in [7, 11) is 0. The second kappa shape index (κ2) is 5.22. The monoisotopic (exact) mass is 289 g/mol. The largest absolute Gasteiger partial charge is 0.403 e. The number of ether oxygens (including phenoxy) is 1. The van der Waals surface area contributed by atoms with Gasteiger partial charge in [0.1, 0.15) is 5.82 Å². The Bertz CT molecular complexity index is 740. The third kappa shape index (κ3) is 2.30. The third-order valence-corrected chi connectivity index (χ3v) is 3.42. The Kier molecular flexibility index (Phi) is 3.26. The summed E-state index contributed by atoms with van der Waals surface area (Å²) in [6.07, 6.45) is 1.46. The van der Waals surface area contributed by atoms with E-state index in [0.29, 0.717) is 10.4 Å². The van der Waals surface area contributed by atoms with Crippen LogP contribution in [0.15, 0.2) is 42.0 Å². The van der Waals surface area contributed by atoms with E-state index in [0.717, 1.165) is 0 Å². The molecular weight excluding hydrogens is 281 g/mol. The molecule has 2 aromatic heterocycles. The number of nitrogens with one attached hydrogen (secondary N) is 1. The summed E-state index contributed by atoms with van der Waals surface area (Å²) in [5.74, 6) is -0.858. The fraction of sp³-hybridized carbons (Fsp3) is 0. The highest BCUT2D eigenvalue weighted by atomic mass is 32.1. The summed E-state index contributed by atoms with van der Waals surface area (Å²) in [5.41, 5.74) is 1.88. The van der Waals surface area contributed by atoms with Crippen molar-refractivity contribution in [1.82, 2.24) is 15.2 Å². The molecule has 100 valence electrons. The van der Waals surface area contributed by atoms with Crippen LogP contribution in [0.3, 0.4) is 0 Å². The van der Waals surface area contributed by atoms with Crippen LogP contribution in [-0.2, 0) is 0 Å². The molecular formula is C13H8FN3O2S. The van der Waals surface area contributed by atoms with Crippen molar-refractivity contribution >= 4 is 17.3 Å². The van der Waals surface area contributed by atoms with Gasteiger partial charge >= 0.3 is 5.97 Å². The molecule has 0 saturated carbocycles. The van der Waals surface area contributed by atoms with Crippen LogP contribution in [0.25, 0.3) is 10.4 Å². The van der Waals surface area contributed by atoms with Crippen LogP contribution in [0.4, 0.5) is 4.39 Å². The first-order valence-corrected chi connectivity index (χ1v) is 6.53. The maximum absolute atomic E-state index is 13.8. The normalized spacial score (nSPS) is 10.4. The van der Waals surface area contributed by atoms with E-state index in [-0.39, 0.29) is 11.6 Å². The van der Waals surface area contributed by atoms with Crippen molar-refractivity contribution in [3.8, 4) is 16.3 Å². The minimum absolute atomic E-state index is 0.0784. The fourth-order valence-electron chi connectivity index (χ4n) is 1.68. The molecule has 0 bridgehead atoms. The van der Waals surface area contributed by atoms with Gasteiger partial charge in [-0.3, -0.25) is 0 Å². The van der Waals surface area contributed by atoms with E-state index in [2.05, 4.69) is 15.2 Å². The van der Waals surface area contributed by atoms with Crippen molar-refractivity contribution in [2.75, 3.05) is 0 Å². The van der Waals surface area contributed by atoms with Gasteiger partial charge in [0.15, 0.2) is 5.69 Å². The number of nitrogens with zero attached hydrogens (tertiary/aromatic N) is 2. The molecule has 3 aromatic rings. The Hall–Kier alpha value is -2.54. The minimum Gasteiger partial charge on any atom is -0.403 e. The van der Waals surface area contributed by atoms with Crippen molar-refractivity contribution in [3.05, 3.63) is 53.6 Å². The van der Waals surface area contributed by atoms with Gasteiger partial charge in [0, 0.05) is 11.6 Å². The number of benzene rings is 1. The Labute approximate surface area is 117 Å². The second-order valence-electron chi connectivity index (χ2n) is 3.82. The molecule has 2 heterocycles. The van der Waals surface area contributed by atoms with Crippen LogP contribution in [0, 0.1) is 5.82 Å². The lowest BCUT2D eigenvalue weighted by atomic mass is 10.1. The second-order valence-corrected chi connectivity index (χ2v) is 4.68. The third-order valence-electron chi connectivity index (χ3n) is 2.56. The van der Waals surface area contributed by atoms with Gasteiger partial charge in [0.05, 0.1) is 16.6 Å². The number of rotatable bonds is 3. The summed E-state index contributed by atoms with van der Waals surface area (Å²) >= 11 is 1.18. The van der Waals surface area contributed by atoms with E-state index in [1.807, 2.05) is 0 Å². The summed E-state index contributed by atoms with van der Waals surface area (Å²) in [6.45, 7) is 0. The number of carbonyl (C=O) groups excluding carboxylic acids is 1. The average Bonchev–Trinajstić information content (AvgIpc) is 3.09. The van der Waals surface area contributed by atoms with Gasteiger partial charge in [0.25, 0.3) is 0 Å². The minimum atomic E-state index is -0.659. The van der Waals surface area contributed by atoms with Gasteiger partial charge in [-0.05, 0) is 6.07 Å². The first kappa shape index (κ1) is 12.5. The molecule has 20 heavy (non-hydrogen) atoms. The molecule has 0 radical (unpaired) electrons. The highest BCUT2D eigenvalue weighted by Crippen LogP contribution is 2.30. The Morgan fingerprint density at radius 3 is 2.90 bits per heavy atom. The van der Waals surface area contributed by atoms with E-state index < -0.39 is 11.8 Å². The van der Waals surface area contributed by atoms with Crippen molar-refractivity contribution < 1.29 is 13.9 Å². The van der Waals surface area contributed by atoms with E-state index in [1.54, 1.807) is 18.2 Å². The van der Waals surface area contributed by atoms with Gasteiger partial charge in [-0.25, -0.2) is 19.3 Å². The molecule has 0 amide bonds. The Morgan fingerprint density at radius 2 is 2.15 bits per heavy atom. The van der Waals surface area contributed by atoms with Crippen molar-refractivity contribution in [2.24, 2.45) is 0 Å². The first-order chi connectivity index (χ1) is 9.75. The number of esters is 1. The van der Waals surface area contributed by atoms with Crippen LogP contribution >= 0.6 is 11.3 Å². The maximum Gasteiger partial charge on any atom is 0.365 e. The molecule has 0 aliphatic rings. The molecule has 0 aliphatic carbocycles. The quantitative estimate of drug-likeness (QED) is 0.753. The predicted octanol–water partition coefficient (Wildman–Crippen LogP) is 2.89. The topological polar surface area (TPSA) is 67.9 Å². The Morgan fingerprint density at radius 1 is 1.30 bits per heavy atom. The lowest BCUT2D eigenvalue weighted by Gasteiger charge is -2.03. The van der Waals surface area contributed by atoms with Crippen LogP contribution in [0.1, 0.15) is 10.5 Å². The van der Waals surface area contributed by atoms with Gasteiger partial charge in [0.2, 0.25) is 5.88 Å². The maximum atomic E-state index is 13.8. The van der Waals surface area contributed by atoms with Gasteiger partial charge in [-0.15, -0.1) is 11.3 Å². The molecule has 0 saturated heterocycles. The van der Waals surface area contributed by atoms with Gasteiger partial charge in [-0.2, -0.15) is 5.10 Å². The molecule has 0 fully saturated rings. The zero-order chi connectivity index (χ0) is 13.9. The molecule has 7 heteroatoms. The summed E-state index contributed by atoms with van der Waals surface area (Å²) in [4.78, 5) is 16.4. The highest BCUT2D eigenvalue weighted by Gasteiger charge is 2.20. The fourth-order valence-corrected chi connectivity index (χ4v) is 2.48.